The maximum atomic E-state index is 12.2. The molecule has 1 amide bonds. The fourth-order valence-corrected chi connectivity index (χ4v) is 3.50. The second-order valence-electron chi connectivity index (χ2n) is 5.47. The van der Waals surface area contributed by atoms with Crippen molar-refractivity contribution in [1.29, 1.82) is 0 Å². The minimum Gasteiger partial charge on any atom is -0.392 e. The second kappa shape index (κ2) is 6.62. The molecule has 1 saturated carbocycles. The van der Waals surface area contributed by atoms with Crippen LogP contribution in [0.4, 0.5) is 11.4 Å². The molecule has 0 heterocycles. The molecule has 2 atom stereocenters. The molecule has 0 bridgehead atoms. The molecule has 0 radical (unpaired) electrons. The number of nitrogens with zero attached hydrogens (tertiary/aromatic N) is 1. The maximum absolute atomic E-state index is 12.2. The summed E-state index contributed by atoms with van der Waals surface area (Å²) in [6.45, 7) is 0. The standard InChI is InChI=1S/C14H19BrN4O3/c1-18-14(20)8-6-9(15)12(17)13(19(21)22)11(8)7-4-2-3-5-10(7)16/h6-7,10H,2-5,16-17H2,1H3,(H,18,20). The molecule has 0 saturated heterocycles. The normalized spacial score (nSPS) is 21.4. The molecule has 1 aromatic carbocycles. The van der Waals surface area contributed by atoms with Gasteiger partial charge in [0.25, 0.3) is 11.6 Å². The highest BCUT2D eigenvalue weighted by atomic mass is 79.9. The predicted molar refractivity (Wildman–Crippen MR) is 87.8 cm³/mol. The van der Waals surface area contributed by atoms with E-state index < -0.39 is 4.92 Å². The van der Waals surface area contributed by atoms with E-state index in [-0.39, 0.29) is 34.8 Å². The van der Waals surface area contributed by atoms with E-state index in [2.05, 4.69) is 21.2 Å². The molecule has 1 aliphatic rings. The van der Waals surface area contributed by atoms with Crippen LogP contribution in [0, 0.1) is 10.1 Å². The third-order valence-corrected chi connectivity index (χ3v) is 4.83. The molecular formula is C14H19BrN4O3. The first-order valence-electron chi connectivity index (χ1n) is 7.12. The highest BCUT2D eigenvalue weighted by Crippen LogP contribution is 2.44. The summed E-state index contributed by atoms with van der Waals surface area (Å²) in [5, 5.41) is 14.1. The van der Waals surface area contributed by atoms with Crippen LogP contribution in [0.5, 0.6) is 0 Å². The van der Waals surface area contributed by atoms with Crippen molar-refractivity contribution >= 4 is 33.2 Å². The lowest BCUT2D eigenvalue weighted by Gasteiger charge is -2.30. The van der Waals surface area contributed by atoms with E-state index in [0.29, 0.717) is 16.5 Å². The number of amides is 1. The SMILES string of the molecule is CNC(=O)c1cc(Br)c(N)c([N+](=O)[O-])c1C1CCCCC1N. The Morgan fingerprint density at radius 2 is 2.09 bits per heavy atom. The number of nitrogens with one attached hydrogen (secondary N) is 1. The smallest absolute Gasteiger partial charge is 0.297 e. The van der Waals surface area contributed by atoms with Gasteiger partial charge in [-0.2, -0.15) is 0 Å². The van der Waals surface area contributed by atoms with Gasteiger partial charge in [-0.3, -0.25) is 14.9 Å². The summed E-state index contributed by atoms with van der Waals surface area (Å²) in [5.74, 6) is -0.617. The number of halogens is 1. The first kappa shape index (κ1) is 16.7. The molecular weight excluding hydrogens is 352 g/mol. The Morgan fingerprint density at radius 3 is 2.64 bits per heavy atom. The van der Waals surface area contributed by atoms with Gasteiger partial charge in [-0.25, -0.2) is 0 Å². The quantitative estimate of drug-likeness (QED) is 0.427. The van der Waals surface area contributed by atoms with Crippen LogP contribution in [-0.4, -0.2) is 23.9 Å². The van der Waals surface area contributed by atoms with Crippen LogP contribution in [-0.2, 0) is 0 Å². The van der Waals surface area contributed by atoms with Crippen LogP contribution in [0.25, 0.3) is 0 Å². The summed E-state index contributed by atoms with van der Waals surface area (Å²) in [5.41, 5.74) is 12.5. The molecule has 1 fully saturated rings. The predicted octanol–water partition coefficient (Wildman–Crippen LogP) is 2.28. The topological polar surface area (TPSA) is 124 Å². The fraction of sp³-hybridized carbons (Fsp3) is 0.500. The first-order valence-corrected chi connectivity index (χ1v) is 7.91. The molecule has 0 aliphatic heterocycles. The van der Waals surface area contributed by atoms with Crippen molar-refractivity contribution < 1.29 is 9.72 Å². The summed E-state index contributed by atoms with van der Waals surface area (Å²) < 4.78 is 0.339. The number of carbonyl (C=O) groups is 1. The van der Waals surface area contributed by atoms with E-state index in [4.69, 9.17) is 11.5 Å². The van der Waals surface area contributed by atoms with E-state index in [9.17, 15) is 14.9 Å². The van der Waals surface area contributed by atoms with Gasteiger partial charge in [0.05, 0.1) is 10.5 Å². The molecule has 7 nitrogen and oxygen atoms in total. The fourth-order valence-electron chi connectivity index (χ4n) is 3.08. The minimum atomic E-state index is -0.525. The molecule has 22 heavy (non-hydrogen) atoms. The monoisotopic (exact) mass is 370 g/mol. The lowest BCUT2D eigenvalue weighted by molar-refractivity contribution is -0.384. The van der Waals surface area contributed by atoms with Gasteiger partial charge >= 0.3 is 0 Å². The minimum absolute atomic E-state index is 0.0328. The first-order chi connectivity index (χ1) is 10.4. The van der Waals surface area contributed by atoms with Gasteiger partial charge in [0.2, 0.25) is 0 Å². The van der Waals surface area contributed by atoms with Crippen LogP contribution < -0.4 is 16.8 Å². The van der Waals surface area contributed by atoms with Crippen molar-refractivity contribution in [3.8, 4) is 0 Å². The number of hydrogen-bond acceptors (Lipinski definition) is 5. The summed E-state index contributed by atoms with van der Waals surface area (Å²) in [6.07, 6.45) is 3.42. The van der Waals surface area contributed by atoms with Crippen molar-refractivity contribution in [3.05, 3.63) is 31.8 Å². The molecule has 120 valence electrons. The number of hydrogen-bond donors (Lipinski definition) is 3. The van der Waals surface area contributed by atoms with Crippen molar-refractivity contribution in [2.45, 2.75) is 37.6 Å². The van der Waals surface area contributed by atoms with Gasteiger partial charge in [0, 0.05) is 29.0 Å². The Balaban J connectivity index is 2.73. The number of nitrogens with two attached hydrogens (primary N) is 2. The summed E-state index contributed by atoms with van der Waals surface area (Å²) in [7, 11) is 1.49. The van der Waals surface area contributed by atoms with Gasteiger partial charge in [-0.1, -0.05) is 12.8 Å². The summed E-state index contributed by atoms with van der Waals surface area (Å²) >= 11 is 3.20. The molecule has 1 aromatic rings. The van der Waals surface area contributed by atoms with Crippen LogP contribution in [0.3, 0.4) is 0 Å². The van der Waals surface area contributed by atoms with E-state index >= 15 is 0 Å². The highest BCUT2D eigenvalue weighted by Gasteiger charge is 2.35. The number of rotatable bonds is 3. The molecule has 2 rings (SSSR count). The van der Waals surface area contributed by atoms with Gasteiger partial charge < -0.3 is 16.8 Å². The Hall–Kier alpha value is -1.67. The average Bonchev–Trinajstić information content (AvgIpc) is 2.49. The van der Waals surface area contributed by atoms with Crippen molar-refractivity contribution in [2.24, 2.45) is 5.73 Å². The Kier molecular flexibility index (Phi) is 5.02. The molecule has 2 unspecified atom stereocenters. The lowest BCUT2D eigenvalue weighted by Crippen LogP contribution is -2.34. The molecule has 1 aliphatic carbocycles. The van der Waals surface area contributed by atoms with Crippen molar-refractivity contribution in [1.82, 2.24) is 5.32 Å². The molecule has 0 aromatic heterocycles. The van der Waals surface area contributed by atoms with Gasteiger partial charge in [0.15, 0.2) is 0 Å². The van der Waals surface area contributed by atoms with Gasteiger partial charge in [-0.05, 0) is 34.8 Å². The maximum Gasteiger partial charge on any atom is 0.297 e. The van der Waals surface area contributed by atoms with E-state index in [1.807, 2.05) is 0 Å². The Morgan fingerprint density at radius 1 is 1.45 bits per heavy atom. The van der Waals surface area contributed by atoms with Crippen molar-refractivity contribution in [2.75, 3.05) is 12.8 Å². The zero-order chi connectivity index (χ0) is 16.4. The van der Waals surface area contributed by atoms with Gasteiger partial charge in [0.1, 0.15) is 5.69 Å². The average molecular weight is 371 g/mol. The third kappa shape index (κ3) is 2.93. The van der Waals surface area contributed by atoms with Crippen LogP contribution in [0.15, 0.2) is 10.5 Å². The summed E-state index contributed by atoms with van der Waals surface area (Å²) in [6, 6.07) is 1.33. The number of carbonyl (C=O) groups excluding carboxylic acids is 1. The lowest BCUT2D eigenvalue weighted by atomic mass is 9.77. The summed E-state index contributed by atoms with van der Waals surface area (Å²) in [4.78, 5) is 23.2. The zero-order valence-corrected chi connectivity index (χ0v) is 13.9. The van der Waals surface area contributed by atoms with Crippen LogP contribution in [0.1, 0.15) is 47.5 Å². The number of nitro benzene ring substituents is 1. The largest absolute Gasteiger partial charge is 0.392 e. The van der Waals surface area contributed by atoms with Crippen LogP contribution >= 0.6 is 15.9 Å². The van der Waals surface area contributed by atoms with E-state index in [1.165, 1.54) is 13.1 Å². The number of anilines is 1. The second-order valence-corrected chi connectivity index (χ2v) is 6.33. The van der Waals surface area contributed by atoms with E-state index in [1.54, 1.807) is 0 Å². The third-order valence-electron chi connectivity index (χ3n) is 4.17. The number of nitro groups is 1. The Bertz CT molecular complexity index is 621. The van der Waals surface area contributed by atoms with E-state index in [0.717, 1.165) is 19.3 Å². The Labute approximate surface area is 136 Å². The number of nitrogen functional groups attached to an aromatic ring is 1. The van der Waals surface area contributed by atoms with Crippen LogP contribution in [0.2, 0.25) is 0 Å². The zero-order valence-electron chi connectivity index (χ0n) is 12.3. The van der Waals surface area contributed by atoms with Crippen molar-refractivity contribution in [3.63, 3.8) is 0 Å². The molecule has 8 heteroatoms. The molecule has 0 spiro atoms. The van der Waals surface area contributed by atoms with Gasteiger partial charge in [-0.15, -0.1) is 0 Å². The highest BCUT2D eigenvalue weighted by molar-refractivity contribution is 9.10. The molecule has 5 N–H and O–H groups in total. The number of benzene rings is 1.